The number of rotatable bonds is 1. The van der Waals surface area contributed by atoms with E-state index in [0.29, 0.717) is 17.1 Å². The summed E-state index contributed by atoms with van der Waals surface area (Å²) in [5.41, 5.74) is 6.21. The molecule has 0 unspecified atom stereocenters. The summed E-state index contributed by atoms with van der Waals surface area (Å²) in [7, 11) is 0. The molecule has 0 aromatic carbocycles. The van der Waals surface area contributed by atoms with E-state index in [0.717, 1.165) is 14.5 Å². The minimum Gasteiger partial charge on any atom is -0.463 e. The molecule has 0 aliphatic heterocycles. The first-order valence-electron chi connectivity index (χ1n) is 5.05. The summed E-state index contributed by atoms with van der Waals surface area (Å²) >= 11 is 3.41. The van der Waals surface area contributed by atoms with Crippen molar-refractivity contribution in [1.29, 1.82) is 0 Å². The quantitative estimate of drug-likeness (QED) is 0.747. The molecule has 0 fully saturated rings. The van der Waals surface area contributed by atoms with E-state index in [1.165, 1.54) is 6.20 Å². The Morgan fingerprint density at radius 1 is 1.50 bits per heavy atom. The maximum absolute atomic E-state index is 11.2. The van der Waals surface area contributed by atoms with Crippen molar-refractivity contribution in [2.24, 2.45) is 5.73 Å². The molecular formula is C11H7BrN4O2. The normalized spacial score (nSPS) is 10.9. The van der Waals surface area contributed by atoms with Gasteiger partial charge in [-0.3, -0.25) is 0 Å². The van der Waals surface area contributed by atoms with Crippen molar-refractivity contribution >= 4 is 33.0 Å². The number of carbonyl (C=O) groups excluding carboxylic acids is 1. The predicted octanol–water partition coefficient (Wildman–Crippen LogP) is 2.38. The largest absolute Gasteiger partial charge is 0.463 e. The SMILES string of the molecule is NC(=O)n1ncc2cc(Br)c(-c3ccco3)nc21. The highest BCUT2D eigenvalue weighted by Gasteiger charge is 2.14. The third kappa shape index (κ3) is 1.60. The van der Waals surface area contributed by atoms with Crippen LogP contribution in [0.25, 0.3) is 22.5 Å². The molecule has 3 aromatic rings. The Morgan fingerprint density at radius 3 is 3.00 bits per heavy atom. The van der Waals surface area contributed by atoms with Gasteiger partial charge in [-0.2, -0.15) is 9.78 Å². The number of amides is 1. The van der Waals surface area contributed by atoms with Crippen LogP contribution in [0.5, 0.6) is 0 Å². The lowest BCUT2D eigenvalue weighted by Gasteiger charge is -2.02. The van der Waals surface area contributed by atoms with Crippen LogP contribution in [0.15, 0.2) is 39.5 Å². The van der Waals surface area contributed by atoms with Crippen LogP contribution in [-0.2, 0) is 0 Å². The van der Waals surface area contributed by atoms with Gasteiger partial charge in [0.1, 0.15) is 5.69 Å². The van der Waals surface area contributed by atoms with Crippen molar-refractivity contribution in [1.82, 2.24) is 14.8 Å². The van der Waals surface area contributed by atoms with E-state index in [2.05, 4.69) is 26.0 Å². The van der Waals surface area contributed by atoms with Crippen LogP contribution in [0.4, 0.5) is 4.79 Å². The maximum Gasteiger partial charge on any atom is 0.341 e. The highest BCUT2D eigenvalue weighted by molar-refractivity contribution is 9.10. The van der Waals surface area contributed by atoms with Crippen LogP contribution in [0.1, 0.15) is 0 Å². The molecule has 7 heteroatoms. The number of carbonyl (C=O) groups is 1. The van der Waals surface area contributed by atoms with E-state index < -0.39 is 6.03 Å². The first-order chi connectivity index (χ1) is 8.66. The summed E-state index contributed by atoms with van der Waals surface area (Å²) in [6, 6.07) is 4.68. The highest BCUT2D eigenvalue weighted by Crippen LogP contribution is 2.29. The molecule has 0 saturated carbocycles. The minimum absolute atomic E-state index is 0.400. The number of pyridine rings is 1. The number of furan rings is 1. The van der Waals surface area contributed by atoms with E-state index in [9.17, 15) is 4.79 Å². The molecule has 0 spiro atoms. The van der Waals surface area contributed by atoms with Gasteiger partial charge < -0.3 is 10.2 Å². The molecule has 3 heterocycles. The third-order valence-corrected chi connectivity index (χ3v) is 3.07. The second-order valence-electron chi connectivity index (χ2n) is 3.60. The maximum atomic E-state index is 11.2. The summed E-state index contributed by atoms with van der Waals surface area (Å²) < 4.78 is 7.10. The van der Waals surface area contributed by atoms with E-state index in [1.807, 2.05) is 6.07 Å². The summed E-state index contributed by atoms with van der Waals surface area (Å²) in [6.07, 6.45) is 3.09. The van der Waals surface area contributed by atoms with Gasteiger partial charge in [-0.25, -0.2) is 9.78 Å². The molecule has 3 aromatic heterocycles. The third-order valence-electron chi connectivity index (χ3n) is 2.46. The Labute approximate surface area is 110 Å². The summed E-state index contributed by atoms with van der Waals surface area (Å²) in [6.45, 7) is 0. The zero-order valence-electron chi connectivity index (χ0n) is 9.00. The molecule has 6 nitrogen and oxygen atoms in total. The molecule has 0 radical (unpaired) electrons. The van der Waals surface area contributed by atoms with Crippen molar-refractivity contribution in [3.63, 3.8) is 0 Å². The van der Waals surface area contributed by atoms with Crippen molar-refractivity contribution in [2.45, 2.75) is 0 Å². The van der Waals surface area contributed by atoms with Crippen LogP contribution in [0, 0.1) is 0 Å². The van der Waals surface area contributed by atoms with E-state index in [4.69, 9.17) is 10.2 Å². The molecule has 0 saturated heterocycles. The van der Waals surface area contributed by atoms with E-state index in [-0.39, 0.29) is 0 Å². The number of nitrogens with two attached hydrogens (primary N) is 1. The van der Waals surface area contributed by atoms with Crippen molar-refractivity contribution in [3.8, 4) is 11.5 Å². The average molecular weight is 307 g/mol. The topological polar surface area (TPSA) is 86.9 Å². The van der Waals surface area contributed by atoms with Crippen molar-refractivity contribution in [3.05, 3.63) is 35.1 Å². The first-order valence-corrected chi connectivity index (χ1v) is 5.84. The van der Waals surface area contributed by atoms with Gasteiger partial charge in [-0.05, 0) is 34.1 Å². The monoisotopic (exact) mass is 306 g/mol. The Kier molecular flexibility index (Phi) is 2.41. The van der Waals surface area contributed by atoms with Crippen LogP contribution < -0.4 is 5.73 Å². The molecule has 90 valence electrons. The molecule has 3 rings (SSSR count). The van der Waals surface area contributed by atoms with Crippen LogP contribution in [0.2, 0.25) is 0 Å². The first kappa shape index (κ1) is 11.0. The lowest BCUT2D eigenvalue weighted by molar-refractivity contribution is 0.248. The zero-order chi connectivity index (χ0) is 12.7. The van der Waals surface area contributed by atoms with Gasteiger partial charge in [0.15, 0.2) is 11.4 Å². The molecule has 2 N–H and O–H groups in total. The number of fused-ring (bicyclic) bond motifs is 1. The van der Waals surface area contributed by atoms with Crippen molar-refractivity contribution < 1.29 is 9.21 Å². The number of hydrogen-bond donors (Lipinski definition) is 1. The Bertz CT molecular complexity index is 733. The van der Waals surface area contributed by atoms with E-state index >= 15 is 0 Å². The molecule has 0 bridgehead atoms. The van der Waals surface area contributed by atoms with Gasteiger partial charge in [-0.1, -0.05) is 0 Å². The Hall–Kier alpha value is -2.15. The summed E-state index contributed by atoms with van der Waals surface area (Å²) in [4.78, 5) is 15.6. The number of nitrogens with zero attached hydrogens (tertiary/aromatic N) is 3. The Balaban J connectivity index is 2.30. The number of hydrogen-bond acceptors (Lipinski definition) is 4. The summed E-state index contributed by atoms with van der Waals surface area (Å²) in [5, 5.41) is 4.61. The van der Waals surface area contributed by atoms with Gasteiger partial charge in [0.25, 0.3) is 0 Å². The molecule has 0 aliphatic rings. The smallest absolute Gasteiger partial charge is 0.341 e. The molecular weight excluding hydrogens is 300 g/mol. The molecule has 0 atom stereocenters. The van der Waals surface area contributed by atoms with Gasteiger partial charge in [-0.15, -0.1) is 0 Å². The standard InChI is InChI=1S/C11H7BrN4O2/c12-7-4-6-5-14-16(11(13)17)10(6)15-9(7)8-2-1-3-18-8/h1-5H,(H2,13,17). The fraction of sp³-hybridized carbons (Fsp3) is 0. The van der Waals surface area contributed by atoms with Gasteiger partial charge in [0, 0.05) is 9.86 Å². The van der Waals surface area contributed by atoms with Gasteiger partial charge >= 0.3 is 6.03 Å². The fourth-order valence-electron chi connectivity index (χ4n) is 1.68. The zero-order valence-corrected chi connectivity index (χ0v) is 10.6. The molecule has 0 aliphatic carbocycles. The molecule has 18 heavy (non-hydrogen) atoms. The highest BCUT2D eigenvalue weighted by atomic mass is 79.9. The second kappa shape index (κ2) is 3.95. The second-order valence-corrected chi connectivity index (χ2v) is 4.46. The molecule has 1 amide bonds. The average Bonchev–Trinajstić information content (AvgIpc) is 2.95. The fourth-order valence-corrected chi connectivity index (χ4v) is 2.21. The summed E-state index contributed by atoms with van der Waals surface area (Å²) in [5.74, 6) is 0.598. The van der Waals surface area contributed by atoms with Crippen LogP contribution >= 0.6 is 15.9 Å². The van der Waals surface area contributed by atoms with E-state index in [1.54, 1.807) is 18.4 Å². The van der Waals surface area contributed by atoms with Crippen LogP contribution in [0.3, 0.4) is 0 Å². The lowest BCUT2D eigenvalue weighted by atomic mass is 10.2. The van der Waals surface area contributed by atoms with Gasteiger partial charge in [0.2, 0.25) is 0 Å². The number of halogens is 1. The number of aromatic nitrogens is 3. The van der Waals surface area contributed by atoms with Crippen molar-refractivity contribution in [2.75, 3.05) is 0 Å². The van der Waals surface area contributed by atoms with Crippen LogP contribution in [-0.4, -0.2) is 20.8 Å². The van der Waals surface area contributed by atoms with Gasteiger partial charge in [0.05, 0.1) is 12.5 Å². The predicted molar refractivity (Wildman–Crippen MR) is 67.9 cm³/mol. The Morgan fingerprint density at radius 2 is 2.33 bits per heavy atom. The number of primary amides is 1. The lowest BCUT2D eigenvalue weighted by Crippen LogP contribution is -2.20. The minimum atomic E-state index is -0.676.